The van der Waals surface area contributed by atoms with Gasteiger partial charge in [-0.3, -0.25) is 9.59 Å². The number of nitrogens with zero attached hydrogens (tertiary/aromatic N) is 1. The lowest BCUT2D eigenvalue weighted by atomic mass is 10.0. The van der Waals surface area contributed by atoms with Gasteiger partial charge in [0.15, 0.2) is 0 Å². The minimum Gasteiger partial charge on any atom is -0.361 e. The third kappa shape index (κ3) is 5.05. The van der Waals surface area contributed by atoms with Crippen molar-refractivity contribution in [1.29, 1.82) is 0 Å². The van der Waals surface area contributed by atoms with Crippen LogP contribution in [0.4, 0.5) is 5.69 Å². The largest absolute Gasteiger partial charge is 0.361 e. The molecule has 0 radical (unpaired) electrons. The molecule has 0 bridgehead atoms. The number of hydrogen-bond acceptors (Lipinski definition) is 4. The maximum Gasteiger partial charge on any atom is 0.247 e. The molecular weight excluding hydrogens is 464 g/mol. The van der Waals surface area contributed by atoms with Crippen LogP contribution in [0.2, 0.25) is 5.02 Å². The SMILES string of the molecule is CC(=O)N[C@H](Cc1c[nH]c2ccccc12)C(=O)Nc1ccc(Cl)c(S(=O)(=O)N2CCCC2)c1. The highest BCUT2D eigenvalue weighted by Gasteiger charge is 2.30. The van der Waals surface area contributed by atoms with Crippen molar-refractivity contribution in [3.8, 4) is 0 Å². The van der Waals surface area contributed by atoms with Gasteiger partial charge < -0.3 is 15.6 Å². The minimum atomic E-state index is -3.76. The molecule has 0 saturated carbocycles. The lowest BCUT2D eigenvalue weighted by Crippen LogP contribution is -2.44. The fraction of sp³-hybridized carbons (Fsp3) is 0.304. The van der Waals surface area contributed by atoms with Gasteiger partial charge in [0.25, 0.3) is 0 Å². The van der Waals surface area contributed by atoms with Gasteiger partial charge in [0, 0.05) is 49.2 Å². The molecule has 1 atom stereocenters. The van der Waals surface area contributed by atoms with Crippen LogP contribution in [0.5, 0.6) is 0 Å². The van der Waals surface area contributed by atoms with Crippen molar-refractivity contribution < 1.29 is 18.0 Å². The summed E-state index contributed by atoms with van der Waals surface area (Å²) in [6.45, 7) is 2.24. The van der Waals surface area contributed by atoms with E-state index in [0.29, 0.717) is 13.1 Å². The lowest BCUT2D eigenvalue weighted by molar-refractivity contribution is -0.125. The van der Waals surface area contributed by atoms with Gasteiger partial charge in [-0.05, 0) is 42.7 Å². The number of nitrogens with one attached hydrogen (secondary N) is 3. The first-order valence-electron chi connectivity index (χ1n) is 10.7. The summed E-state index contributed by atoms with van der Waals surface area (Å²) in [5.74, 6) is -0.800. The van der Waals surface area contributed by atoms with E-state index in [9.17, 15) is 18.0 Å². The Bertz CT molecular complexity index is 1300. The number of carbonyl (C=O) groups excluding carboxylic acids is 2. The second-order valence-electron chi connectivity index (χ2n) is 8.06. The molecule has 1 fully saturated rings. The molecule has 10 heteroatoms. The van der Waals surface area contributed by atoms with E-state index in [1.54, 1.807) is 6.07 Å². The predicted molar refractivity (Wildman–Crippen MR) is 128 cm³/mol. The lowest BCUT2D eigenvalue weighted by Gasteiger charge is -2.19. The van der Waals surface area contributed by atoms with E-state index in [2.05, 4.69) is 15.6 Å². The molecule has 3 aromatic rings. The topological polar surface area (TPSA) is 111 Å². The molecule has 1 saturated heterocycles. The fourth-order valence-corrected chi connectivity index (χ4v) is 6.07. The second kappa shape index (κ2) is 9.54. The van der Waals surface area contributed by atoms with Crippen LogP contribution in [0.3, 0.4) is 0 Å². The molecule has 0 aliphatic carbocycles. The molecule has 1 aromatic heterocycles. The zero-order valence-corrected chi connectivity index (χ0v) is 19.7. The number of fused-ring (bicyclic) bond motifs is 1. The van der Waals surface area contributed by atoms with Crippen molar-refractivity contribution in [2.24, 2.45) is 0 Å². The van der Waals surface area contributed by atoms with Gasteiger partial charge in [0.2, 0.25) is 21.8 Å². The van der Waals surface area contributed by atoms with Crippen LogP contribution >= 0.6 is 11.6 Å². The minimum absolute atomic E-state index is 0.0448. The Kier molecular flexibility index (Phi) is 6.73. The summed E-state index contributed by atoms with van der Waals surface area (Å²) in [5, 5.41) is 6.48. The number of aromatic nitrogens is 1. The third-order valence-electron chi connectivity index (χ3n) is 5.67. The maximum atomic E-state index is 13.1. The zero-order valence-electron chi connectivity index (χ0n) is 18.1. The molecule has 0 spiro atoms. The van der Waals surface area contributed by atoms with Crippen LogP contribution in [0.15, 0.2) is 53.6 Å². The Morgan fingerprint density at radius 3 is 2.61 bits per heavy atom. The molecule has 8 nitrogen and oxygen atoms in total. The first-order valence-corrected chi connectivity index (χ1v) is 12.5. The van der Waals surface area contributed by atoms with Crippen molar-refractivity contribution >= 4 is 50.0 Å². The molecule has 3 N–H and O–H groups in total. The Morgan fingerprint density at radius 2 is 1.88 bits per heavy atom. The number of halogens is 1. The quantitative estimate of drug-likeness (QED) is 0.473. The van der Waals surface area contributed by atoms with Gasteiger partial charge in [-0.25, -0.2) is 8.42 Å². The summed E-state index contributed by atoms with van der Waals surface area (Å²) in [6, 6.07) is 11.2. The van der Waals surface area contributed by atoms with E-state index in [1.807, 2.05) is 30.5 Å². The van der Waals surface area contributed by atoms with E-state index in [0.717, 1.165) is 29.3 Å². The molecule has 33 heavy (non-hydrogen) atoms. The molecule has 4 rings (SSSR count). The summed E-state index contributed by atoms with van der Waals surface area (Å²) >= 11 is 6.20. The molecule has 1 aliphatic rings. The Balaban J connectivity index is 1.57. The van der Waals surface area contributed by atoms with Crippen LogP contribution in [-0.2, 0) is 26.0 Å². The summed E-state index contributed by atoms with van der Waals surface area (Å²) in [5.41, 5.74) is 2.10. The highest BCUT2D eigenvalue weighted by molar-refractivity contribution is 7.89. The van der Waals surface area contributed by atoms with Crippen molar-refractivity contribution in [2.45, 2.75) is 37.1 Å². The Labute approximate surface area is 197 Å². The molecular formula is C23H25ClN4O4S. The van der Waals surface area contributed by atoms with E-state index >= 15 is 0 Å². The first kappa shape index (κ1) is 23.3. The van der Waals surface area contributed by atoms with Gasteiger partial charge in [-0.1, -0.05) is 29.8 Å². The van der Waals surface area contributed by atoms with E-state index < -0.39 is 22.0 Å². The number of sulfonamides is 1. The van der Waals surface area contributed by atoms with Crippen LogP contribution in [0.25, 0.3) is 10.9 Å². The number of para-hydroxylation sites is 1. The summed E-state index contributed by atoms with van der Waals surface area (Å²) in [4.78, 5) is 28.0. The number of amides is 2. The number of aromatic amines is 1. The fourth-order valence-electron chi connectivity index (χ4n) is 4.05. The standard InChI is InChI=1S/C23H25ClN4O4S/c1-15(29)26-21(12-16-14-25-20-7-3-2-6-18(16)20)23(30)27-17-8-9-19(24)22(13-17)33(31,32)28-10-4-5-11-28/h2-3,6-9,13-14,21,25H,4-5,10-12H2,1H3,(H,26,29)(H,27,30)/t21-/m1/s1. The molecule has 174 valence electrons. The average Bonchev–Trinajstić information content (AvgIpc) is 3.45. The Hall–Kier alpha value is -2.88. The maximum absolute atomic E-state index is 13.1. The number of benzene rings is 2. The molecule has 1 aliphatic heterocycles. The molecule has 0 unspecified atom stereocenters. The van der Waals surface area contributed by atoms with Gasteiger partial charge in [0.1, 0.15) is 10.9 Å². The average molecular weight is 489 g/mol. The first-order chi connectivity index (χ1) is 15.8. The predicted octanol–water partition coefficient (Wildman–Crippen LogP) is 3.29. The molecule has 2 aromatic carbocycles. The van der Waals surface area contributed by atoms with Crippen LogP contribution in [0, 0.1) is 0 Å². The second-order valence-corrected chi connectivity index (χ2v) is 10.4. The van der Waals surface area contributed by atoms with Gasteiger partial charge in [-0.15, -0.1) is 0 Å². The summed E-state index contributed by atoms with van der Waals surface area (Å²) < 4.78 is 27.4. The smallest absolute Gasteiger partial charge is 0.247 e. The van der Waals surface area contributed by atoms with Crippen LogP contribution < -0.4 is 10.6 Å². The van der Waals surface area contributed by atoms with Gasteiger partial charge in [0.05, 0.1) is 5.02 Å². The van der Waals surface area contributed by atoms with E-state index in [1.165, 1.54) is 23.4 Å². The van der Waals surface area contributed by atoms with Crippen LogP contribution in [0.1, 0.15) is 25.3 Å². The number of anilines is 1. The van der Waals surface area contributed by atoms with Crippen molar-refractivity contribution in [3.05, 3.63) is 59.2 Å². The highest BCUT2D eigenvalue weighted by atomic mass is 35.5. The monoisotopic (exact) mass is 488 g/mol. The van der Waals surface area contributed by atoms with E-state index in [4.69, 9.17) is 11.6 Å². The number of carbonyl (C=O) groups is 2. The number of rotatable bonds is 7. The summed E-state index contributed by atoms with van der Waals surface area (Å²) in [6.07, 6.45) is 3.69. The molecule has 2 amide bonds. The summed E-state index contributed by atoms with van der Waals surface area (Å²) in [7, 11) is -3.76. The highest BCUT2D eigenvalue weighted by Crippen LogP contribution is 2.30. The molecule has 2 heterocycles. The number of hydrogen-bond donors (Lipinski definition) is 3. The van der Waals surface area contributed by atoms with Crippen molar-refractivity contribution in [1.82, 2.24) is 14.6 Å². The van der Waals surface area contributed by atoms with Crippen LogP contribution in [-0.4, -0.2) is 48.7 Å². The zero-order chi connectivity index (χ0) is 23.6. The number of H-pyrrole nitrogens is 1. The van der Waals surface area contributed by atoms with Crippen molar-refractivity contribution in [3.63, 3.8) is 0 Å². The van der Waals surface area contributed by atoms with E-state index in [-0.39, 0.29) is 27.9 Å². The third-order valence-corrected chi connectivity index (χ3v) is 8.05. The van der Waals surface area contributed by atoms with Gasteiger partial charge in [-0.2, -0.15) is 4.31 Å². The normalized spacial score (nSPS) is 15.5. The van der Waals surface area contributed by atoms with Crippen molar-refractivity contribution in [2.75, 3.05) is 18.4 Å². The Morgan fingerprint density at radius 1 is 1.15 bits per heavy atom. The van der Waals surface area contributed by atoms with Gasteiger partial charge >= 0.3 is 0 Å².